The predicted octanol–water partition coefficient (Wildman–Crippen LogP) is 0.750. The molecule has 2 unspecified atom stereocenters. The standard InChI is InChI=1S/C12H21N3O2/c1-9(12(16)17-4)10(2)13-6-5-11-7-14-15(3)8-11/h7-10,13H,5-6H2,1-4H3. The number of rotatable bonds is 6. The summed E-state index contributed by atoms with van der Waals surface area (Å²) in [6.45, 7) is 4.69. The van der Waals surface area contributed by atoms with E-state index in [4.69, 9.17) is 4.74 Å². The molecule has 0 aliphatic rings. The first kappa shape index (κ1) is 13.7. The molecule has 17 heavy (non-hydrogen) atoms. The lowest BCUT2D eigenvalue weighted by molar-refractivity contribution is -0.145. The summed E-state index contributed by atoms with van der Waals surface area (Å²) in [6, 6.07) is 0.110. The van der Waals surface area contributed by atoms with E-state index in [1.807, 2.05) is 33.3 Å². The van der Waals surface area contributed by atoms with Crippen LogP contribution in [0.4, 0.5) is 0 Å². The van der Waals surface area contributed by atoms with E-state index in [0.717, 1.165) is 13.0 Å². The van der Waals surface area contributed by atoms with Crippen LogP contribution in [0, 0.1) is 5.92 Å². The third-order valence-corrected chi connectivity index (χ3v) is 2.96. The van der Waals surface area contributed by atoms with E-state index >= 15 is 0 Å². The van der Waals surface area contributed by atoms with E-state index < -0.39 is 0 Å². The van der Waals surface area contributed by atoms with Gasteiger partial charge in [-0.2, -0.15) is 5.10 Å². The maximum Gasteiger partial charge on any atom is 0.309 e. The Labute approximate surface area is 102 Å². The number of esters is 1. The van der Waals surface area contributed by atoms with Gasteiger partial charge in [0.2, 0.25) is 0 Å². The summed E-state index contributed by atoms with van der Waals surface area (Å²) in [5.41, 5.74) is 1.19. The monoisotopic (exact) mass is 239 g/mol. The van der Waals surface area contributed by atoms with Gasteiger partial charge in [-0.25, -0.2) is 0 Å². The number of nitrogens with zero attached hydrogens (tertiary/aromatic N) is 2. The number of aryl methyl sites for hydroxylation is 1. The summed E-state index contributed by atoms with van der Waals surface area (Å²) >= 11 is 0. The largest absolute Gasteiger partial charge is 0.469 e. The smallest absolute Gasteiger partial charge is 0.309 e. The van der Waals surface area contributed by atoms with Gasteiger partial charge in [-0.1, -0.05) is 6.92 Å². The summed E-state index contributed by atoms with van der Waals surface area (Å²) in [5, 5.41) is 7.42. The second kappa shape index (κ2) is 6.39. The molecule has 1 aromatic rings. The van der Waals surface area contributed by atoms with Crippen LogP contribution in [0.15, 0.2) is 12.4 Å². The lowest BCUT2D eigenvalue weighted by Crippen LogP contribution is -2.37. The Hall–Kier alpha value is -1.36. The Morgan fingerprint density at radius 2 is 2.29 bits per heavy atom. The lowest BCUT2D eigenvalue weighted by atomic mass is 10.0. The maximum atomic E-state index is 11.3. The van der Waals surface area contributed by atoms with Crippen molar-refractivity contribution in [2.75, 3.05) is 13.7 Å². The van der Waals surface area contributed by atoms with Crippen LogP contribution >= 0.6 is 0 Å². The highest BCUT2D eigenvalue weighted by Crippen LogP contribution is 2.05. The topological polar surface area (TPSA) is 56.1 Å². The Balaban J connectivity index is 2.28. The van der Waals surface area contributed by atoms with Gasteiger partial charge in [-0.3, -0.25) is 9.48 Å². The zero-order valence-electron chi connectivity index (χ0n) is 10.9. The van der Waals surface area contributed by atoms with Crippen LogP contribution in [0.25, 0.3) is 0 Å². The fourth-order valence-electron chi connectivity index (χ4n) is 1.61. The van der Waals surface area contributed by atoms with E-state index in [0.29, 0.717) is 0 Å². The van der Waals surface area contributed by atoms with E-state index in [9.17, 15) is 4.79 Å². The molecule has 2 atom stereocenters. The molecule has 0 saturated heterocycles. The molecule has 0 aliphatic carbocycles. The fourth-order valence-corrected chi connectivity index (χ4v) is 1.61. The van der Waals surface area contributed by atoms with Gasteiger partial charge in [0.15, 0.2) is 0 Å². The van der Waals surface area contributed by atoms with Crippen molar-refractivity contribution in [2.45, 2.75) is 26.3 Å². The highest BCUT2D eigenvalue weighted by molar-refractivity contribution is 5.72. The molecule has 0 radical (unpaired) electrons. The molecule has 0 spiro atoms. The molecule has 5 heteroatoms. The number of aromatic nitrogens is 2. The molecular formula is C12H21N3O2. The second-order valence-electron chi connectivity index (χ2n) is 4.33. The Bertz CT molecular complexity index is 362. The lowest BCUT2D eigenvalue weighted by Gasteiger charge is -2.18. The average molecular weight is 239 g/mol. The van der Waals surface area contributed by atoms with Gasteiger partial charge < -0.3 is 10.1 Å². The molecule has 1 heterocycles. The molecule has 5 nitrogen and oxygen atoms in total. The van der Waals surface area contributed by atoms with Crippen molar-refractivity contribution in [2.24, 2.45) is 13.0 Å². The molecule has 0 saturated carbocycles. The molecule has 1 aromatic heterocycles. The molecule has 96 valence electrons. The first-order valence-corrected chi connectivity index (χ1v) is 5.83. The number of hydrogen-bond donors (Lipinski definition) is 1. The number of carbonyl (C=O) groups is 1. The summed E-state index contributed by atoms with van der Waals surface area (Å²) in [5.74, 6) is -0.305. The second-order valence-corrected chi connectivity index (χ2v) is 4.33. The van der Waals surface area contributed by atoms with Crippen LogP contribution < -0.4 is 5.32 Å². The van der Waals surface area contributed by atoms with Crippen molar-refractivity contribution in [1.29, 1.82) is 0 Å². The van der Waals surface area contributed by atoms with Gasteiger partial charge in [0, 0.05) is 19.3 Å². The number of carbonyl (C=O) groups excluding carboxylic acids is 1. The average Bonchev–Trinajstić information content (AvgIpc) is 2.72. The normalized spacial score (nSPS) is 14.4. The van der Waals surface area contributed by atoms with E-state index in [1.54, 1.807) is 4.68 Å². The molecule has 0 fully saturated rings. The summed E-state index contributed by atoms with van der Waals surface area (Å²) < 4.78 is 6.50. The van der Waals surface area contributed by atoms with Crippen LogP contribution in [-0.4, -0.2) is 35.4 Å². The molecule has 0 amide bonds. The highest BCUT2D eigenvalue weighted by atomic mass is 16.5. The highest BCUT2D eigenvalue weighted by Gasteiger charge is 2.19. The van der Waals surface area contributed by atoms with Crippen LogP contribution in [0.3, 0.4) is 0 Å². The van der Waals surface area contributed by atoms with Gasteiger partial charge in [0.05, 0.1) is 19.2 Å². The van der Waals surface area contributed by atoms with Gasteiger partial charge in [-0.15, -0.1) is 0 Å². The molecule has 0 bridgehead atoms. The minimum absolute atomic E-state index is 0.110. The van der Waals surface area contributed by atoms with Crippen molar-refractivity contribution >= 4 is 5.97 Å². The predicted molar refractivity (Wildman–Crippen MR) is 65.6 cm³/mol. The van der Waals surface area contributed by atoms with Gasteiger partial charge in [0.1, 0.15) is 0 Å². The van der Waals surface area contributed by atoms with E-state index in [1.165, 1.54) is 12.7 Å². The van der Waals surface area contributed by atoms with Crippen molar-refractivity contribution in [3.63, 3.8) is 0 Å². The van der Waals surface area contributed by atoms with E-state index in [2.05, 4.69) is 10.4 Å². The summed E-state index contributed by atoms with van der Waals surface area (Å²) in [4.78, 5) is 11.3. The van der Waals surface area contributed by atoms with Gasteiger partial charge in [0.25, 0.3) is 0 Å². The fraction of sp³-hybridized carbons (Fsp3) is 0.667. The molecule has 1 N–H and O–H groups in total. The molecule has 1 rings (SSSR count). The van der Waals surface area contributed by atoms with E-state index in [-0.39, 0.29) is 17.9 Å². The Kier molecular flexibility index (Phi) is 5.15. The first-order chi connectivity index (χ1) is 8.04. The minimum atomic E-state index is -0.175. The molecular weight excluding hydrogens is 218 g/mol. The zero-order valence-corrected chi connectivity index (χ0v) is 10.9. The number of methoxy groups -OCH3 is 1. The SMILES string of the molecule is COC(=O)C(C)C(C)NCCc1cnn(C)c1. The van der Waals surface area contributed by atoms with Crippen LogP contribution in [-0.2, 0) is 23.0 Å². The van der Waals surface area contributed by atoms with Crippen molar-refractivity contribution in [1.82, 2.24) is 15.1 Å². The third kappa shape index (κ3) is 4.19. The van der Waals surface area contributed by atoms with Crippen LogP contribution in [0.2, 0.25) is 0 Å². The quantitative estimate of drug-likeness (QED) is 0.744. The van der Waals surface area contributed by atoms with Crippen LogP contribution in [0.1, 0.15) is 19.4 Å². The summed E-state index contributed by atoms with van der Waals surface area (Å²) in [6.07, 6.45) is 4.76. The maximum absolute atomic E-state index is 11.3. The Morgan fingerprint density at radius 1 is 1.59 bits per heavy atom. The number of ether oxygens (including phenoxy) is 1. The molecule has 0 aliphatic heterocycles. The van der Waals surface area contributed by atoms with Gasteiger partial charge >= 0.3 is 5.97 Å². The van der Waals surface area contributed by atoms with Crippen molar-refractivity contribution in [3.05, 3.63) is 18.0 Å². The minimum Gasteiger partial charge on any atom is -0.469 e. The van der Waals surface area contributed by atoms with Crippen LogP contribution in [0.5, 0.6) is 0 Å². The summed E-state index contributed by atoms with van der Waals surface area (Å²) in [7, 11) is 3.32. The Morgan fingerprint density at radius 3 is 2.82 bits per heavy atom. The van der Waals surface area contributed by atoms with Gasteiger partial charge in [-0.05, 0) is 25.5 Å². The number of hydrogen-bond acceptors (Lipinski definition) is 4. The zero-order chi connectivity index (χ0) is 12.8. The third-order valence-electron chi connectivity index (χ3n) is 2.96. The van der Waals surface area contributed by atoms with Crippen molar-refractivity contribution in [3.8, 4) is 0 Å². The molecule has 0 aromatic carbocycles. The van der Waals surface area contributed by atoms with Crippen molar-refractivity contribution < 1.29 is 9.53 Å². The first-order valence-electron chi connectivity index (χ1n) is 5.83. The number of nitrogens with one attached hydrogen (secondary N) is 1.